The van der Waals surface area contributed by atoms with Crippen LogP contribution in [0.2, 0.25) is 0 Å². The second kappa shape index (κ2) is 5.15. The van der Waals surface area contributed by atoms with Gasteiger partial charge in [-0.15, -0.1) is 0 Å². The molecule has 3 atom stereocenters. The van der Waals surface area contributed by atoms with Crippen LogP contribution in [0.15, 0.2) is 0 Å². The smallest absolute Gasteiger partial charge is 0.229 e. The van der Waals surface area contributed by atoms with Gasteiger partial charge in [-0.2, -0.15) is 0 Å². The third-order valence-electron chi connectivity index (χ3n) is 4.19. The molecule has 5 heteroatoms. The lowest BCUT2D eigenvalue weighted by atomic mass is 10.0. The summed E-state index contributed by atoms with van der Waals surface area (Å²) in [5.74, 6) is 0.579. The third-order valence-corrected chi connectivity index (χ3v) is 4.19. The van der Waals surface area contributed by atoms with Crippen LogP contribution in [-0.2, 0) is 14.3 Å². The molecule has 0 aromatic rings. The van der Waals surface area contributed by atoms with Gasteiger partial charge in [0.1, 0.15) is 0 Å². The standard InChI is InChI=1S/C13H22N2O3/c14-12-8-18-7-11(12)13(16)15(10-1-2-10)5-9-3-4-17-6-9/h9-12H,1-8,14H2. The molecule has 0 radical (unpaired) electrons. The number of nitrogens with zero attached hydrogens (tertiary/aromatic N) is 1. The van der Waals surface area contributed by atoms with E-state index in [1.165, 1.54) is 0 Å². The molecule has 3 rings (SSSR count). The Morgan fingerprint density at radius 2 is 2.00 bits per heavy atom. The molecule has 0 aromatic carbocycles. The van der Waals surface area contributed by atoms with Crippen LogP contribution in [0, 0.1) is 11.8 Å². The molecule has 0 bridgehead atoms. The highest BCUT2D eigenvalue weighted by Crippen LogP contribution is 2.31. The van der Waals surface area contributed by atoms with Crippen molar-refractivity contribution < 1.29 is 14.3 Å². The first-order chi connectivity index (χ1) is 8.75. The van der Waals surface area contributed by atoms with Gasteiger partial charge < -0.3 is 20.1 Å². The Morgan fingerprint density at radius 1 is 1.17 bits per heavy atom. The Balaban J connectivity index is 1.63. The van der Waals surface area contributed by atoms with E-state index in [1.807, 2.05) is 0 Å². The van der Waals surface area contributed by atoms with E-state index < -0.39 is 0 Å². The van der Waals surface area contributed by atoms with E-state index in [0.717, 1.165) is 39.0 Å². The van der Waals surface area contributed by atoms with Gasteiger partial charge in [0.25, 0.3) is 0 Å². The average Bonchev–Trinajstić information content (AvgIpc) is 2.89. The van der Waals surface area contributed by atoms with E-state index in [0.29, 0.717) is 25.2 Å². The van der Waals surface area contributed by atoms with Gasteiger partial charge in [0, 0.05) is 31.2 Å². The summed E-state index contributed by atoms with van der Waals surface area (Å²) in [6, 6.07) is 0.324. The van der Waals surface area contributed by atoms with Crippen LogP contribution < -0.4 is 5.73 Å². The van der Waals surface area contributed by atoms with E-state index in [1.54, 1.807) is 0 Å². The molecule has 1 saturated carbocycles. The molecule has 0 aromatic heterocycles. The lowest BCUT2D eigenvalue weighted by Gasteiger charge is -2.28. The number of nitrogens with two attached hydrogens (primary N) is 1. The van der Waals surface area contributed by atoms with Crippen LogP contribution in [0.4, 0.5) is 0 Å². The van der Waals surface area contributed by atoms with E-state index in [-0.39, 0.29) is 17.9 Å². The molecular weight excluding hydrogens is 232 g/mol. The first-order valence-electron chi connectivity index (χ1n) is 6.97. The molecule has 2 saturated heterocycles. The van der Waals surface area contributed by atoms with E-state index >= 15 is 0 Å². The first-order valence-corrected chi connectivity index (χ1v) is 6.97. The van der Waals surface area contributed by atoms with E-state index in [9.17, 15) is 4.79 Å². The normalized spacial score (nSPS) is 35.9. The molecule has 2 aliphatic heterocycles. The number of hydrogen-bond acceptors (Lipinski definition) is 4. The van der Waals surface area contributed by atoms with Crippen LogP contribution >= 0.6 is 0 Å². The summed E-state index contributed by atoms with van der Waals surface area (Å²) in [6.07, 6.45) is 3.36. The maximum absolute atomic E-state index is 12.6. The van der Waals surface area contributed by atoms with Crippen LogP contribution in [0.3, 0.4) is 0 Å². The number of hydrogen-bond donors (Lipinski definition) is 1. The highest BCUT2D eigenvalue weighted by atomic mass is 16.5. The van der Waals surface area contributed by atoms with Crippen molar-refractivity contribution in [2.75, 3.05) is 33.0 Å². The van der Waals surface area contributed by atoms with Crippen molar-refractivity contribution in [2.24, 2.45) is 17.6 Å². The second-order valence-electron chi connectivity index (χ2n) is 5.76. The summed E-state index contributed by atoms with van der Waals surface area (Å²) in [5.41, 5.74) is 5.95. The molecular formula is C13H22N2O3. The number of carbonyl (C=O) groups excluding carboxylic acids is 1. The molecule has 3 unspecified atom stereocenters. The van der Waals surface area contributed by atoms with Crippen molar-refractivity contribution in [2.45, 2.75) is 31.3 Å². The van der Waals surface area contributed by atoms with Gasteiger partial charge in [-0.25, -0.2) is 0 Å². The summed E-state index contributed by atoms with van der Waals surface area (Å²) in [7, 11) is 0. The highest BCUT2D eigenvalue weighted by molar-refractivity contribution is 5.80. The summed E-state index contributed by atoms with van der Waals surface area (Å²) >= 11 is 0. The van der Waals surface area contributed by atoms with Crippen LogP contribution in [-0.4, -0.2) is 55.9 Å². The number of carbonyl (C=O) groups is 1. The lowest BCUT2D eigenvalue weighted by molar-refractivity contribution is -0.137. The Kier molecular flexibility index (Phi) is 3.54. The largest absolute Gasteiger partial charge is 0.381 e. The quantitative estimate of drug-likeness (QED) is 0.766. The third kappa shape index (κ3) is 2.53. The van der Waals surface area contributed by atoms with Gasteiger partial charge in [0.2, 0.25) is 5.91 Å². The Bertz CT molecular complexity index is 313. The highest BCUT2D eigenvalue weighted by Gasteiger charge is 2.41. The van der Waals surface area contributed by atoms with Gasteiger partial charge in [-0.3, -0.25) is 4.79 Å². The molecule has 102 valence electrons. The molecule has 2 N–H and O–H groups in total. The van der Waals surface area contributed by atoms with Crippen molar-refractivity contribution >= 4 is 5.91 Å². The summed E-state index contributed by atoms with van der Waals surface area (Å²) in [4.78, 5) is 14.6. The first kappa shape index (κ1) is 12.4. The van der Waals surface area contributed by atoms with Crippen molar-refractivity contribution in [3.05, 3.63) is 0 Å². The molecule has 3 fully saturated rings. The summed E-state index contributed by atoms with van der Waals surface area (Å²) in [6.45, 7) is 3.48. The monoisotopic (exact) mass is 254 g/mol. The van der Waals surface area contributed by atoms with Crippen molar-refractivity contribution in [1.29, 1.82) is 0 Å². The predicted octanol–water partition coefficient (Wildman–Crippen LogP) is -0.0124. The van der Waals surface area contributed by atoms with Crippen LogP contribution in [0.25, 0.3) is 0 Å². The number of rotatable bonds is 4. The maximum Gasteiger partial charge on any atom is 0.229 e. The fraction of sp³-hybridized carbons (Fsp3) is 0.923. The zero-order valence-electron chi connectivity index (χ0n) is 10.7. The minimum atomic E-state index is -0.132. The van der Waals surface area contributed by atoms with E-state index in [4.69, 9.17) is 15.2 Å². The minimum Gasteiger partial charge on any atom is -0.381 e. The zero-order valence-corrected chi connectivity index (χ0v) is 10.7. The van der Waals surface area contributed by atoms with Gasteiger partial charge >= 0.3 is 0 Å². The summed E-state index contributed by atoms with van der Waals surface area (Å²) in [5, 5.41) is 0. The molecule has 1 amide bonds. The van der Waals surface area contributed by atoms with Gasteiger partial charge in [0.05, 0.1) is 25.7 Å². The number of ether oxygens (including phenoxy) is 2. The van der Waals surface area contributed by atoms with Crippen LogP contribution in [0.5, 0.6) is 0 Å². The zero-order chi connectivity index (χ0) is 12.5. The minimum absolute atomic E-state index is 0.126. The lowest BCUT2D eigenvalue weighted by Crippen LogP contribution is -2.46. The van der Waals surface area contributed by atoms with Crippen LogP contribution in [0.1, 0.15) is 19.3 Å². The van der Waals surface area contributed by atoms with Crippen molar-refractivity contribution in [1.82, 2.24) is 4.90 Å². The Morgan fingerprint density at radius 3 is 2.56 bits per heavy atom. The van der Waals surface area contributed by atoms with E-state index in [2.05, 4.69) is 4.90 Å². The fourth-order valence-corrected chi connectivity index (χ4v) is 2.85. The second-order valence-corrected chi connectivity index (χ2v) is 5.76. The fourth-order valence-electron chi connectivity index (χ4n) is 2.85. The molecule has 3 aliphatic rings. The summed E-state index contributed by atoms with van der Waals surface area (Å²) < 4.78 is 10.7. The topological polar surface area (TPSA) is 64.8 Å². The Hall–Kier alpha value is -0.650. The molecule has 0 spiro atoms. The Labute approximate surface area is 108 Å². The molecule has 5 nitrogen and oxygen atoms in total. The SMILES string of the molecule is NC1COCC1C(=O)N(CC1CCOC1)C1CC1. The van der Waals surface area contributed by atoms with Crippen molar-refractivity contribution in [3.8, 4) is 0 Å². The molecule has 18 heavy (non-hydrogen) atoms. The van der Waals surface area contributed by atoms with Gasteiger partial charge in [-0.1, -0.05) is 0 Å². The van der Waals surface area contributed by atoms with Gasteiger partial charge in [-0.05, 0) is 19.3 Å². The molecule has 2 heterocycles. The predicted molar refractivity (Wildman–Crippen MR) is 65.9 cm³/mol. The number of amides is 1. The van der Waals surface area contributed by atoms with Gasteiger partial charge in [0.15, 0.2) is 0 Å². The van der Waals surface area contributed by atoms with Crippen molar-refractivity contribution in [3.63, 3.8) is 0 Å². The molecule has 1 aliphatic carbocycles. The maximum atomic E-state index is 12.6. The average molecular weight is 254 g/mol.